The maximum absolute atomic E-state index is 12.8. The van der Waals surface area contributed by atoms with Gasteiger partial charge in [-0.2, -0.15) is 5.10 Å². The Bertz CT molecular complexity index is 1170. The van der Waals surface area contributed by atoms with E-state index in [1.165, 1.54) is 0 Å². The second kappa shape index (κ2) is 8.31. The number of amides is 1. The van der Waals surface area contributed by atoms with Gasteiger partial charge in [0, 0.05) is 14.5 Å². The zero-order valence-electron chi connectivity index (χ0n) is 14.8. The highest BCUT2D eigenvalue weighted by Gasteiger charge is 2.13. The minimum absolute atomic E-state index is 0.266. The van der Waals surface area contributed by atoms with Gasteiger partial charge in [0.15, 0.2) is 0 Å². The maximum atomic E-state index is 12.8. The number of pyridine rings is 1. The molecule has 0 atom stereocenters. The maximum Gasteiger partial charge on any atom is 0.272 e. The van der Waals surface area contributed by atoms with Crippen LogP contribution < -0.4 is 5.43 Å². The molecular formula is C23H16IN3O. The molecule has 0 radical (unpaired) electrons. The lowest BCUT2D eigenvalue weighted by molar-refractivity contribution is 0.0957. The first-order chi connectivity index (χ1) is 13.7. The Morgan fingerprint density at radius 1 is 0.929 bits per heavy atom. The molecule has 4 nitrogen and oxygen atoms in total. The molecule has 1 amide bonds. The number of para-hydroxylation sites is 1. The van der Waals surface area contributed by atoms with Crippen molar-refractivity contribution in [1.82, 2.24) is 10.4 Å². The van der Waals surface area contributed by atoms with Gasteiger partial charge in [0.05, 0.1) is 23.0 Å². The smallest absolute Gasteiger partial charge is 0.267 e. The predicted molar refractivity (Wildman–Crippen MR) is 121 cm³/mol. The number of hydrogen-bond acceptors (Lipinski definition) is 3. The largest absolute Gasteiger partial charge is 0.272 e. The zero-order valence-corrected chi connectivity index (χ0v) is 17.0. The van der Waals surface area contributed by atoms with E-state index in [4.69, 9.17) is 4.98 Å². The molecule has 4 aromatic rings. The standard InChI is InChI=1S/C23H16IN3O/c24-18-10-6-7-16(13-18)15-25-27-23(28)20-14-22(17-8-2-1-3-9-17)26-21-12-5-4-11-19(20)21/h1-15H,(H,27,28). The van der Waals surface area contributed by atoms with Gasteiger partial charge in [-0.05, 0) is 52.4 Å². The van der Waals surface area contributed by atoms with Gasteiger partial charge in [0.2, 0.25) is 0 Å². The molecule has 0 aliphatic carbocycles. The van der Waals surface area contributed by atoms with Crippen molar-refractivity contribution in [3.63, 3.8) is 0 Å². The Kier molecular flexibility index (Phi) is 5.43. The molecule has 1 N–H and O–H groups in total. The van der Waals surface area contributed by atoms with E-state index in [0.717, 1.165) is 31.3 Å². The summed E-state index contributed by atoms with van der Waals surface area (Å²) in [5, 5.41) is 4.92. The Morgan fingerprint density at radius 3 is 2.54 bits per heavy atom. The zero-order chi connectivity index (χ0) is 19.3. The van der Waals surface area contributed by atoms with Crippen LogP contribution in [-0.4, -0.2) is 17.1 Å². The van der Waals surface area contributed by atoms with Crippen LogP contribution in [0.1, 0.15) is 15.9 Å². The first kappa shape index (κ1) is 18.3. The fraction of sp³-hybridized carbons (Fsp3) is 0. The van der Waals surface area contributed by atoms with E-state index in [-0.39, 0.29) is 5.91 Å². The Balaban J connectivity index is 1.67. The molecule has 0 aliphatic rings. The Hall–Kier alpha value is -3.06. The number of halogens is 1. The lowest BCUT2D eigenvalue weighted by Gasteiger charge is -2.09. The molecule has 136 valence electrons. The molecule has 0 saturated carbocycles. The van der Waals surface area contributed by atoms with Crippen LogP contribution in [0.25, 0.3) is 22.2 Å². The normalized spacial score (nSPS) is 11.0. The molecule has 0 spiro atoms. The number of rotatable bonds is 4. The summed E-state index contributed by atoms with van der Waals surface area (Å²) < 4.78 is 1.11. The summed E-state index contributed by atoms with van der Waals surface area (Å²) in [5.41, 5.74) is 6.60. The average Bonchev–Trinajstić information content (AvgIpc) is 2.73. The molecule has 3 aromatic carbocycles. The van der Waals surface area contributed by atoms with Gasteiger partial charge < -0.3 is 0 Å². The van der Waals surface area contributed by atoms with Gasteiger partial charge in [0.1, 0.15) is 0 Å². The second-order valence-corrected chi connectivity index (χ2v) is 7.44. The molecule has 5 heteroatoms. The van der Waals surface area contributed by atoms with E-state index in [0.29, 0.717) is 5.56 Å². The predicted octanol–water partition coefficient (Wildman–Crippen LogP) is 5.27. The SMILES string of the molecule is O=C(NN=Cc1cccc(I)c1)c1cc(-c2ccccc2)nc2ccccc12. The fourth-order valence-electron chi connectivity index (χ4n) is 2.93. The third-order valence-electron chi connectivity index (χ3n) is 4.26. The average molecular weight is 477 g/mol. The number of hydrogen-bond donors (Lipinski definition) is 1. The third-order valence-corrected chi connectivity index (χ3v) is 4.93. The summed E-state index contributed by atoms with van der Waals surface area (Å²) >= 11 is 2.24. The highest BCUT2D eigenvalue weighted by molar-refractivity contribution is 14.1. The summed E-state index contributed by atoms with van der Waals surface area (Å²) in [7, 11) is 0. The monoisotopic (exact) mass is 477 g/mol. The fourth-order valence-corrected chi connectivity index (χ4v) is 3.50. The molecular weight excluding hydrogens is 461 g/mol. The minimum Gasteiger partial charge on any atom is -0.267 e. The van der Waals surface area contributed by atoms with E-state index in [9.17, 15) is 4.79 Å². The van der Waals surface area contributed by atoms with Crippen LogP contribution >= 0.6 is 22.6 Å². The van der Waals surface area contributed by atoms with E-state index < -0.39 is 0 Å². The van der Waals surface area contributed by atoms with Gasteiger partial charge in [-0.1, -0.05) is 60.7 Å². The number of aromatic nitrogens is 1. The van der Waals surface area contributed by atoms with Crippen molar-refractivity contribution in [3.05, 3.63) is 99.6 Å². The third kappa shape index (κ3) is 4.09. The topological polar surface area (TPSA) is 54.4 Å². The molecule has 28 heavy (non-hydrogen) atoms. The van der Waals surface area contributed by atoms with Crippen molar-refractivity contribution < 1.29 is 4.79 Å². The summed E-state index contributed by atoms with van der Waals surface area (Å²) in [4.78, 5) is 17.6. The van der Waals surface area contributed by atoms with Crippen molar-refractivity contribution in [3.8, 4) is 11.3 Å². The van der Waals surface area contributed by atoms with Gasteiger partial charge in [-0.15, -0.1) is 0 Å². The lowest BCUT2D eigenvalue weighted by atomic mass is 10.0. The van der Waals surface area contributed by atoms with Gasteiger partial charge in [-0.25, -0.2) is 10.4 Å². The Labute approximate surface area is 176 Å². The molecule has 0 unspecified atom stereocenters. The molecule has 1 aromatic heterocycles. The number of carbonyl (C=O) groups excluding carboxylic acids is 1. The van der Waals surface area contributed by atoms with Crippen molar-refractivity contribution in [2.45, 2.75) is 0 Å². The molecule has 0 fully saturated rings. The summed E-state index contributed by atoms with van der Waals surface area (Å²) in [6, 6.07) is 27.2. The van der Waals surface area contributed by atoms with Gasteiger partial charge in [-0.3, -0.25) is 4.79 Å². The van der Waals surface area contributed by atoms with Crippen LogP contribution in [-0.2, 0) is 0 Å². The minimum atomic E-state index is -0.266. The van der Waals surface area contributed by atoms with Crippen LogP contribution in [0, 0.1) is 3.57 Å². The number of carbonyl (C=O) groups is 1. The van der Waals surface area contributed by atoms with Gasteiger partial charge >= 0.3 is 0 Å². The summed E-state index contributed by atoms with van der Waals surface area (Å²) in [6.45, 7) is 0. The molecule has 4 rings (SSSR count). The first-order valence-electron chi connectivity index (χ1n) is 8.75. The van der Waals surface area contributed by atoms with Crippen molar-refractivity contribution in [1.29, 1.82) is 0 Å². The number of nitrogens with one attached hydrogen (secondary N) is 1. The lowest BCUT2D eigenvalue weighted by Crippen LogP contribution is -2.18. The summed E-state index contributed by atoms with van der Waals surface area (Å²) in [5.74, 6) is -0.266. The van der Waals surface area contributed by atoms with E-state index in [1.54, 1.807) is 6.21 Å². The molecule has 0 bridgehead atoms. The van der Waals surface area contributed by atoms with Crippen molar-refractivity contribution >= 4 is 45.6 Å². The molecule has 1 heterocycles. The highest BCUT2D eigenvalue weighted by atomic mass is 127. The number of nitrogens with zero attached hydrogens (tertiary/aromatic N) is 2. The quantitative estimate of drug-likeness (QED) is 0.247. The molecule has 0 aliphatic heterocycles. The molecule has 0 saturated heterocycles. The van der Waals surface area contributed by atoms with Crippen LogP contribution in [0.5, 0.6) is 0 Å². The number of hydrazone groups is 1. The highest BCUT2D eigenvalue weighted by Crippen LogP contribution is 2.24. The number of benzene rings is 3. The van der Waals surface area contributed by atoms with Crippen LogP contribution in [0.2, 0.25) is 0 Å². The van der Waals surface area contributed by atoms with E-state index in [2.05, 4.69) is 33.1 Å². The van der Waals surface area contributed by atoms with E-state index >= 15 is 0 Å². The first-order valence-corrected chi connectivity index (χ1v) is 9.83. The van der Waals surface area contributed by atoms with Crippen LogP contribution in [0.3, 0.4) is 0 Å². The number of fused-ring (bicyclic) bond motifs is 1. The summed E-state index contributed by atoms with van der Waals surface area (Å²) in [6.07, 6.45) is 1.64. The van der Waals surface area contributed by atoms with Crippen molar-refractivity contribution in [2.24, 2.45) is 5.10 Å². The van der Waals surface area contributed by atoms with E-state index in [1.807, 2.05) is 84.9 Å². The van der Waals surface area contributed by atoms with Crippen molar-refractivity contribution in [2.75, 3.05) is 0 Å². The van der Waals surface area contributed by atoms with Crippen LogP contribution in [0.4, 0.5) is 0 Å². The second-order valence-electron chi connectivity index (χ2n) is 6.19. The van der Waals surface area contributed by atoms with Gasteiger partial charge in [0.25, 0.3) is 5.91 Å². The van der Waals surface area contributed by atoms with Crippen LogP contribution in [0.15, 0.2) is 90.0 Å². The Morgan fingerprint density at radius 2 is 1.71 bits per heavy atom.